The highest BCUT2D eigenvalue weighted by Crippen LogP contribution is 1.75. The first-order valence-corrected chi connectivity index (χ1v) is 2.41. The summed E-state index contributed by atoms with van der Waals surface area (Å²) in [4.78, 5) is 1.52. The number of methoxy groups -OCH3 is 1. The van der Waals surface area contributed by atoms with Crippen molar-refractivity contribution in [3.05, 3.63) is 0 Å². The topological polar surface area (TPSA) is 36.3 Å². The van der Waals surface area contributed by atoms with E-state index in [0.717, 1.165) is 0 Å². The summed E-state index contributed by atoms with van der Waals surface area (Å²) >= 11 is 0. The Morgan fingerprint density at radius 1 is 1.67 bits per heavy atom. The van der Waals surface area contributed by atoms with Crippen molar-refractivity contribution in [2.45, 2.75) is 0 Å². The minimum absolute atomic E-state index is 0. The molecule has 0 aromatic carbocycles. The fraction of sp³-hybridized carbons (Fsp3) is 0.800. The third-order valence-electron chi connectivity index (χ3n) is 0.802. The average molecular weight is 151 g/mol. The van der Waals surface area contributed by atoms with E-state index >= 15 is 0 Å². The molecule has 0 N–H and O–H groups in total. The van der Waals surface area contributed by atoms with Crippen LogP contribution in [0.1, 0.15) is 0 Å². The van der Waals surface area contributed by atoms with Gasteiger partial charge < -0.3 is 9.64 Å². The number of hydrogen-bond acceptors (Lipinski definition) is 3. The Hall–Kier alpha value is -0.460. The summed E-state index contributed by atoms with van der Waals surface area (Å²) in [5, 5.41) is 8.18. The van der Waals surface area contributed by atoms with Gasteiger partial charge in [0.2, 0.25) is 0 Å². The van der Waals surface area contributed by atoms with E-state index in [4.69, 9.17) is 10.00 Å². The molecule has 0 aliphatic rings. The van der Waals surface area contributed by atoms with Gasteiger partial charge in [0.05, 0.1) is 13.2 Å². The van der Waals surface area contributed by atoms with Gasteiger partial charge in [0, 0.05) is 14.2 Å². The molecule has 0 aliphatic carbocycles. The lowest BCUT2D eigenvalue weighted by atomic mass is 10.6. The Bertz CT molecular complexity index is 91.4. The molecule has 0 heterocycles. The summed E-state index contributed by atoms with van der Waals surface area (Å²) in [7, 11) is 3.34. The zero-order chi connectivity index (χ0) is 6.41. The van der Waals surface area contributed by atoms with Gasteiger partial charge in [0.25, 0.3) is 0 Å². The largest absolute Gasteiger partial charge is 0.383 e. The molecule has 0 saturated heterocycles. The molecule has 0 aromatic rings. The lowest BCUT2D eigenvalue weighted by Gasteiger charge is -2.05. The van der Waals surface area contributed by atoms with Gasteiger partial charge in [-0.25, -0.2) is 0 Å². The standard InChI is InChI=1S/C5H10N2O.ClH/c1-7(5-6)3-4-8-2;/h3-4H2,1-2H3;1H. The number of ether oxygens (including phenoxy) is 1. The lowest BCUT2D eigenvalue weighted by Crippen LogP contribution is -2.16. The Kier molecular flexibility index (Phi) is 9.51. The first-order valence-electron chi connectivity index (χ1n) is 2.41. The van der Waals surface area contributed by atoms with Gasteiger partial charge in [-0.15, -0.1) is 12.4 Å². The summed E-state index contributed by atoms with van der Waals surface area (Å²) in [6, 6.07) is 0. The molecule has 0 spiro atoms. The Morgan fingerprint density at radius 3 is 2.56 bits per heavy atom. The molecule has 3 nitrogen and oxygen atoms in total. The average Bonchev–Trinajstić information content (AvgIpc) is 1.83. The normalized spacial score (nSPS) is 7.22. The Balaban J connectivity index is 0. The van der Waals surface area contributed by atoms with Crippen molar-refractivity contribution in [3.63, 3.8) is 0 Å². The zero-order valence-electron chi connectivity index (χ0n) is 5.63. The van der Waals surface area contributed by atoms with Crippen molar-refractivity contribution in [2.24, 2.45) is 0 Å². The molecule has 0 amide bonds. The first-order chi connectivity index (χ1) is 3.81. The predicted octanol–water partition coefficient (Wildman–Crippen LogP) is 0.467. The van der Waals surface area contributed by atoms with Crippen LogP contribution in [0.5, 0.6) is 0 Å². The molecule has 0 saturated carbocycles. The highest BCUT2D eigenvalue weighted by atomic mass is 35.5. The van der Waals surface area contributed by atoms with Gasteiger partial charge in [-0.2, -0.15) is 5.26 Å². The van der Waals surface area contributed by atoms with E-state index in [1.165, 1.54) is 4.90 Å². The summed E-state index contributed by atoms with van der Waals surface area (Å²) in [5.74, 6) is 0. The number of rotatable bonds is 3. The van der Waals surface area contributed by atoms with Crippen LogP contribution in [0.15, 0.2) is 0 Å². The third-order valence-corrected chi connectivity index (χ3v) is 0.802. The van der Waals surface area contributed by atoms with Gasteiger partial charge in [0.1, 0.15) is 0 Å². The van der Waals surface area contributed by atoms with Crippen molar-refractivity contribution >= 4 is 12.4 Å². The second-order valence-corrected chi connectivity index (χ2v) is 1.51. The van der Waals surface area contributed by atoms with Crippen LogP contribution in [0.4, 0.5) is 0 Å². The molecule has 0 bridgehead atoms. The highest BCUT2D eigenvalue weighted by Gasteiger charge is 1.88. The fourth-order valence-electron chi connectivity index (χ4n) is 0.278. The van der Waals surface area contributed by atoms with Crippen LogP contribution >= 0.6 is 12.4 Å². The Labute approximate surface area is 61.6 Å². The number of hydrogen-bond donors (Lipinski definition) is 0. The molecular weight excluding hydrogens is 140 g/mol. The van der Waals surface area contributed by atoms with E-state index < -0.39 is 0 Å². The predicted molar refractivity (Wildman–Crippen MR) is 37.4 cm³/mol. The van der Waals surface area contributed by atoms with Gasteiger partial charge in [0.15, 0.2) is 6.19 Å². The molecule has 0 aliphatic heterocycles. The number of nitriles is 1. The lowest BCUT2D eigenvalue weighted by molar-refractivity contribution is 0.180. The minimum atomic E-state index is 0. The van der Waals surface area contributed by atoms with E-state index in [9.17, 15) is 0 Å². The summed E-state index contributed by atoms with van der Waals surface area (Å²) < 4.78 is 4.72. The highest BCUT2D eigenvalue weighted by molar-refractivity contribution is 5.85. The van der Waals surface area contributed by atoms with Crippen LogP contribution in [0.2, 0.25) is 0 Å². The smallest absolute Gasteiger partial charge is 0.179 e. The number of likely N-dealkylation sites (N-methyl/N-ethyl adjacent to an activating group) is 1. The van der Waals surface area contributed by atoms with Crippen LogP contribution in [0.25, 0.3) is 0 Å². The summed E-state index contributed by atoms with van der Waals surface area (Å²) in [6.07, 6.45) is 1.95. The molecule has 9 heavy (non-hydrogen) atoms. The number of halogens is 1. The van der Waals surface area contributed by atoms with Crippen LogP contribution in [-0.2, 0) is 4.74 Å². The first kappa shape index (κ1) is 11.4. The third kappa shape index (κ3) is 7.54. The SMILES string of the molecule is COCCN(C)C#N.Cl. The zero-order valence-corrected chi connectivity index (χ0v) is 6.44. The van der Waals surface area contributed by atoms with Crippen molar-refractivity contribution in [3.8, 4) is 6.19 Å². The van der Waals surface area contributed by atoms with Crippen molar-refractivity contribution in [2.75, 3.05) is 27.3 Å². The van der Waals surface area contributed by atoms with Crippen LogP contribution in [0.3, 0.4) is 0 Å². The molecule has 0 unspecified atom stereocenters. The van der Waals surface area contributed by atoms with Crippen molar-refractivity contribution < 1.29 is 4.74 Å². The second kappa shape index (κ2) is 7.54. The van der Waals surface area contributed by atoms with Crippen molar-refractivity contribution in [1.29, 1.82) is 5.26 Å². The molecular formula is C5H11ClN2O. The molecule has 4 heteroatoms. The van der Waals surface area contributed by atoms with Crippen LogP contribution in [0, 0.1) is 11.5 Å². The molecule has 0 radical (unpaired) electrons. The minimum Gasteiger partial charge on any atom is -0.383 e. The molecule has 0 fully saturated rings. The van der Waals surface area contributed by atoms with E-state index in [1.807, 2.05) is 6.19 Å². The molecule has 0 aromatic heterocycles. The van der Waals surface area contributed by atoms with Gasteiger partial charge in [-0.3, -0.25) is 0 Å². The summed E-state index contributed by atoms with van der Waals surface area (Å²) in [5.41, 5.74) is 0. The second-order valence-electron chi connectivity index (χ2n) is 1.51. The number of nitrogens with zero attached hydrogens (tertiary/aromatic N) is 2. The summed E-state index contributed by atoms with van der Waals surface area (Å²) in [6.45, 7) is 1.29. The quantitative estimate of drug-likeness (QED) is 0.434. The van der Waals surface area contributed by atoms with Gasteiger partial charge in [-0.1, -0.05) is 0 Å². The maximum Gasteiger partial charge on any atom is 0.179 e. The molecule has 54 valence electrons. The van der Waals surface area contributed by atoms with Crippen LogP contribution in [-0.4, -0.2) is 32.2 Å². The maximum absolute atomic E-state index is 8.18. The van der Waals surface area contributed by atoms with Gasteiger partial charge >= 0.3 is 0 Å². The van der Waals surface area contributed by atoms with E-state index in [1.54, 1.807) is 14.2 Å². The van der Waals surface area contributed by atoms with Crippen LogP contribution < -0.4 is 0 Å². The Morgan fingerprint density at radius 2 is 2.22 bits per heavy atom. The molecule has 0 atom stereocenters. The van der Waals surface area contributed by atoms with Gasteiger partial charge in [-0.05, 0) is 0 Å². The van der Waals surface area contributed by atoms with E-state index in [0.29, 0.717) is 13.2 Å². The van der Waals surface area contributed by atoms with Crippen molar-refractivity contribution in [1.82, 2.24) is 4.90 Å². The van der Waals surface area contributed by atoms with E-state index in [-0.39, 0.29) is 12.4 Å². The molecule has 0 rings (SSSR count). The monoisotopic (exact) mass is 150 g/mol. The van der Waals surface area contributed by atoms with E-state index in [2.05, 4.69) is 0 Å². The maximum atomic E-state index is 8.18. The fourth-order valence-corrected chi connectivity index (χ4v) is 0.278.